The van der Waals surface area contributed by atoms with E-state index in [-0.39, 0.29) is 17.9 Å². The second-order valence-electron chi connectivity index (χ2n) is 9.24. The zero-order chi connectivity index (χ0) is 26.1. The number of hydrogen-bond acceptors (Lipinski definition) is 5. The molecule has 0 bridgehead atoms. The normalized spacial score (nSPS) is 13.7. The van der Waals surface area contributed by atoms with Crippen LogP contribution < -0.4 is 0 Å². The quantitative estimate of drug-likeness (QED) is 0.350. The number of ether oxygens (including phenoxy) is 1. The van der Waals surface area contributed by atoms with Gasteiger partial charge in [0.1, 0.15) is 22.5 Å². The third kappa shape index (κ3) is 6.05. The molecule has 3 rings (SSSR count). The molecule has 1 heterocycles. The van der Waals surface area contributed by atoms with Crippen LogP contribution in [0.25, 0.3) is 22.0 Å². The lowest BCUT2D eigenvalue weighted by molar-refractivity contribution is 0.0521. The molecule has 0 amide bonds. The van der Waals surface area contributed by atoms with Crippen molar-refractivity contribution in [2.45, 2.75) is 45.1 Å². The molecule has 3 aromatic rings. The fourth-order valence-corrected chi connectivity index (χ4v) is 5.01. The zero-order valence-electron chi connectivity index (χ0n) is 20.6. The van der Waals surface area contributed by atoms with E-state index in [9.17, 15) is 21.8 Å². The first-order chi connectivity index (χ1) is 16.2. The van der Waals surface area contributed by atoms with Crippen molar-refractivity contribution in [1.29, 1.82) is 0 Å². The van der Waals surface area contributed by atoms with E-state index in [0.717, 1.165) is 6.26 Å². The Morgan fingerprint density at radius 3 is 2.46 bits per heavy atom. The number of carbonyl (C=O) groups is 1. The average Bonchev–Trinajstić information content (AvgIpc) is 3.13. The first-order valence-electron chi connectivity index (χ1n) is 11.0. The minimum atomic E-state index is -3.42. The summed E-state index contributed by atoms with van der Waals surface area (Å²) in [7, 11) is -4.91. The number of rotatable bonds is 7. The average molecular weight is 521 g/mol. The van der Waals surface area contributed by atoms with Crippen molar-refractivity contribution < 1.29 is 26.5 Å². The Morgan fingerprint density at radius 2 is 1.89 bits per heavy atom. The van der Waals surface area contributed by atoms with Crippen molar-refractivity contribution in [2.75, 3.05) is 12.9 Å². The number of nitrogens with one attached hydrogen (secondary N) is 1. The lowest BCUT2D eigenvalue weighted by Crippen LogP contribution is -2.20. The minimum Gasteiger partial charge on any atom is -0.461 e. The predicted molar refractivity (Wildman–Crippen MR) is 138 cm³/mol. The predicted octanol–water partition coefficient (Wildman–Crippen LogP) is 4.97. The summed E-state index contributed by atoms with van der Waals surface area (Å²) in [5.41, 5.74) is 2.72. The number of fused-ring (bicyclic) bond motifs is 1. The molecular formula is C25H29FN2O5S2. The van der Waals surface area contributed by atoms with Crippen LogP contribution >= 0.6 is 0 Å². The second kappa shape index (κ2) is 10.0. The summed E-state index contributed by atoms with van der Waals surface area (Å²) in [4.78, 5) is 15.9. The lowest BCUT2D eigenvalue weighted by atomic mass is 9.98. The SMILES string of the molecule is CCOC(=O)c1[nH]c2c(C(C)=NS(=O)C(C)(C)C)cccc2c1-c1ccc(CS(C)(=O)=O)c(F)c1. The maximum Gasteiger partial charge on any atom is 0.355 e. The molecule has 35 heavy (non-hydrogen) atoms. The van der Waals surface area contributed by atoms with E-state index < -0.39 is 43.1 Å². The summed E-state index contributed by atoms with van der Waals surface area (Å²) in [6.07, 6.45) is 1.04. The van der Waals surface area contributed by atoms with Gasteiger partial charge in [0.15, 0.2) is 9.84 Å². The molecule has 0 radical (unpaired) electrons. The molecule has 0 spiro atoms. The van der Waals surface area contributed by atoms with E-state index >= 15 is 0 Å². The van der Waals surface area contributed by atoms with Crippen molar-refractivity contribution in [3.8, 4) is 11.1 Å². The van der Waals surface area contributed by atoms with Crippen LogP contribution in [0.2, 0.25) is 0 Å². The van der Waals surface area contributed by atoms with Gasteiger partial charge in [-0.15, -0.1) is 0 Å². The number of nitrogens with zero attached hydrogens (tertiary/aromatic N) is 1. The van der Waals surface area contributed by atoms with Crippen molar-refractivity contribution in [2.24, 2.45) is 4.40 Å². The molecule has 188 valence electrons. The third-order valence-electron chi connectivity index (χ3n) is 5.21. The molecule has 0 saturated carbocycles. The minimum absolute atomic E-state index is 0.0436. The number of carbonyl (C=O) groups excluding carboxylic acids is 1. The Bertz CT molecular complexity index is 1450. The van der Waals surface area contributed by atoms with E-state index in [1.165, 1.54) is 12.1 Å². The number of H-pyrrole nitrogens is 1. The number of sulfone groups is 1. The molecule has 10 heteroatoms. The molecule has 0 aliphatic heterocycles. The van der Waals surface area contributed by atoms with E-state index in [2.05, 4.69) is 9.38 Å². The Kier molecular flexibility index (Phi) is 7.66. The lowest BCUT2D eigenvalue weighted by Gasteiger charge is -2.14. The maximum absolute atomic E-state index is 14.9. The molecule has 1 aromatic heterocycles. The Labute approximate surface area is 207 Å². The summed E-state index contributed by atoms with van der Waals surface area (Å²) in [5.74, 6) is -1.73. The molecule has 2 aromatic carbocycles. The fourth-order valence-electron chi connectivity index (χ4n) is 3.59. The van der Waals surface area contributed by atoms with Gasteiger partial charge in [-0.2, -0.15) is 4.40 Å². The van der Waals surface area contributed by atoms with Gasteiger partial charge < -0.3 is 9.72 Å². The molecule has 1 unspecified atom stereocenters. The highest BCUT2D eigenvalue weighted by Crippen LogP contribution is 2.36. The number of halogens is 1. The summed E-state index contributed by atoms with van der Waals surface area (Å²) in [6.45, 7) is 9.05. The smallest absolute Gasteiger partial charge is 0.355 e. The van der Waals surface area contributed by atoms with Crippen molar-refractivity contribution in [3.63, 3.8) is 0 Å². The number of benzene rings is 2. The number of hydrogen-bond donors (Lipinski definition) is 1. The van der Waals surface area contributed by atoms with Gasteiger partial charge in [-0.3, -0.25) is 0 Å². The molecular weight excluding hydrogens is 491 g/mol. The molecule has 7 nitrogen and oxygen atoms in total. The van der Waals surface area contributed by atoms with Gasteiger partial charge >= 0.3 is 5.97 Å². The van der Waals surface area contributed by atoms with Crippen LogP contribution in [0.15, 0.2) is 40.8 Å². The van der Waals surface area contributed by atoms with Gasteiger partial charge in [-0.1, -0.05) is 30.3 Å². The van der Waals surface area contributed by atoms with Crippen LogP contribution in [0.5, 0.6) is 0 Å². The van der Waals surface area contributed by atoms with Crippen molar-refractivity contribution in [1.82, 2.24) is 4.98 Å². The third-order valence-corrected chi connectivity index (χ3v) is 7.53. The van der Waals surface area contributed by atoms with Gasteiger partial charge in [0.2, 0.25) is 0 Å². The molecule has 1 atom stereocenters. The van der Waals surface area contributed by atoms with Gasteiger partial charge in [0.25, 0.3) is 0 Å². The molecule has 1 N–H and O–H groups in total. The van der Waals surface area contributed by atoms with Gasteiger partial charge in [-0.05, 0) is 46.2 Å². The molecule has 0 aliphatic carbocycles. The zero-order valence-corrected chi connectivity index (χ0v) is 22.2. The number of aromatic nitrogens is 1. The first kappa shape index (κ1) is 26.7. The van der Waals surface area contributed by atoms with E-state index in [1.54, 1.807) is 38.1 Å². The summed E-state index contributed by atoms with van der Waals surface area (Å²) in [5, 5.41) is 0.622. The van der Waals surface area contributed by atoms with Crippen molar-refractivity contribution >= 4 is 43.4 Å². The van der Waals surface area contributed by atoms with Crippen LogP contribution in [0, 0.1) is 5.82 Å². The Hall–Kier alpha value is -2.85. The summed E-state index contributed by atoms with van der Waals surface area (Å²) >= 11 is 0. The van der Waals surface area contributed by atoms with E-state index in [0.29, 0.717) is 33.3 Å². The number of esters is 1. The number of aromatic amines is 1. The van der Waals surface area contributed by atoms with Crippen LogP contribution in [0.1, 0.15) is 56.2 Å². The van der Waals surface area contributed by atoms with Crippen LogP contribution in [0.3, 0.4) is 0 Å². The monoisotopic (exact) mass is 520 g/mol. The van der Waals surface area contributed by atoms with E-state index in [1.807, 2.05) is 20.8 Å². The van der Waals surface area contributed by atoms with Crippen LogP contribution in [0.4, 0.5) is 4.39 Å². The van der Waals surface area contributed by atoms with E-state index in [4.69, 9.17) is 4.74 Å². The summed E-state index contributed by atoms with van der Waals surface area (Å²) < 4.78 is 59.8. The number of para-hydroxylation sites is 1. The molecule has 0 saturated heterocycles. The second-order valence-corrected chi connectivity index (χ2v) is 13.3. The molecule has 0 fully saturated rings. The summed E-state index contributed by atoms with van der Waals surface area (Å²) in [6, 6.07) is 9.56. The standard InChI is InChI=1S/C25H29FN2O5S2/c1-7-33-24(29)23-21(16-11-12-17(20(26)13-16)14-35(6,31)32)19-10-8-9-18(22(19)27-23)15(2)28-34(30)25(3,4)5/h8-13,27H,7,14H2,1-6H3. The van der Waals surface area contributed by atoms with Gasteiger partial charge in [0.05, 0.1) is 28.3 Å². The topological polar surface area (TPSA) is 106 Å². The van der Waals surface area contributed by atoms with Gasteiger partial charge in [0, 0.05) is 28.3 Å². The highest BCUT2D eigenvalue weighted by molar-refractivity contribution is 7.89. The van der Waals surface area contributed by atoms with Crippen LogP contribution in [-0.4, -0.2) is 46.9 Å². The molecule has 0 aliphatic rings. The van der Waals surface area contributed by atoms with Crippen LogP contribution in [-0.2, 0) is 31.3 Å². The van der Waals surface area contributed by atoms with Crippen molar-refractivity contribution in [3.05, 3.63) is 59.0 Å². The first-order valence-corrected chi connectivity index (χ1v) is 14.2. The largest absolute Gasteiger partial charge is 0.461 e. The Balaban J connectivity index is 2.25. The Morgan fingerprint density at radius 1 is 1.20 bits per heavy atom. The van der Waals surface area contributed by atoms with Gasteiger partial charge in [-0.25, -0.2) is 21.8 Å². The highest BCUT2D eigenvalue weighted by atomic mass is 32.2. The maximum atomic E-state index is 14.9. The highest BCUT2D eigenvalue weighted by Gasteiger charge is 2.24. The fraction of sp³-hybridized carbons (Fsp3) is 0.360.